The van der Waals surface area contributed by atoms with Gasteiger partial charge in [-0.15, -0.1) is 4.47 Å². The summed E-state index contributed by atoms with van der Waals surface area (Å²) in [5.41, 5.74) is 0. The number of hydrogen-bond acceptors (Lipinski definition) is 3. The summed E-state index contributed by atoms with van der Waals surface area (Å²) in [4.78, 5) is 4.70. The molecule has 0 bridgehead atoms. The van der Waals surface area contributed by atoms with Gasteiger partial charge in [-0.2, -0.15) is 0 Å². The quantitative estimate of drug-likeness (QED) is 0.382. The van der Waals surface area contributed by atoms with Gasteiger partial charge in [0.2, 0.25) is 0 Å². The van der Waals surface area contributed by atoms with Crippen LogP contribution in [0.1, 0.15) is 0 Å². The third kappa shape index (κ3) is 2.50. The van der Waals surface area contributed by atoms with Gasteiger partial charge in [0, 0.05) is 7.05 Å². The van der Waals surface area contributed by atoms with Crippen LogP contribution in [-0.2, 0) is 4.84 Å². The molecule has 0 aromatic heterocycles. The highest BCUT2D eigenvalue weighted by Crippen LogP contribution is 1.96. The predicted molar refractivity (Wildman–Crippen MR) is 28.3 cm³/mol. The molecule has 0 aliphatic carbocycles. The lowest BCUT2D eigenvalue weighted by molar-refractivity contribution is -0.0141. The molecule has 0 rings (SSSR count). The molecule has 2 nitrogen and oxygen atoms in total. The maximum Gasteiger partial charge on any atom is 0.0586 e. The van der Waals surface area contributed by atoms with Crippen molar-refractivity contribution in [2.24, 2.45) is 0 Å². The van der Waals surface area contributed by atoms with Crippen molar-refractivity contribution in [1.29, 1.82) is 0 Å². The van der Waals surface area contributed by atoms with Crippen molar-refractivity contribution < 1.29 is 4.84 Å². The summed E-state index contributed by atoms with van der Waals surface area (Å²) in [6, 6.07) is 0. The van der Waals surface area contributed by atoms with Gasteiger partial charge in [-0.25, -0.2) is 0 Å². The van der Waals surface area contributed by atoms with Gasteiger partial charge >= 0.3 is 0 Å². The summed E-state index contributed by atoms with van der Waals surface area (Å²) in [7, 11) is 3.49. The highest BCUT2D eigenvalue weighted by atomic mass is 32.2. The minimum Gasteiger partial charge on any atom is -0.292 e. The molecule has 0 amide bonds. The fourth-order valence-electron chi connectivity index (χ4n) is 0.0745. The van der Waals surface area contributed by atoms with Crippen molar-refractivity contribution in [3.63, 3.8) is 0 Å². The van der Waals surface area contributed by atoms with E-state index in [2.05, 4.69) is 0 Å². The van der Waals surface area contributed by atoms with Gasteiger partial charge < -0.3 is 0 Å². The summed E-state index contributed by atoms with van der Waals surface area (Å²) in [5, 5.41) is 0. The van der Waals surface area contributed by atoms with Crippen LogP contribution in [0.3, 0.4) is 0 Å². The molecule has 0 radical (unpaired) electrons. The van der Waals surface area contributed by atoms with Crippen molar-refractivity contribution in [1.82, 2.24) is 4.47 Å². The third-order valence-corrected chi connectivity index (χ3v) is 1.18. The van der Waals surface area contributed by atoms with E-state index >= 15 is 0 Å². The fourth-order valence-corrected chi connectivity index (χ4v) is 0.224. The van der Waals surface area contributed by atoms with E-state index in [4.69, 9.17) is 4.84 Å². The van der Waals surface area contributed by atoms with Crippen LogP contribution >= 0.6 is 11.9 Å². The first-order valence-corrected chi connectivity index (χ1v) is 2.81. The van der Waals surface area contributed by atoms with Crippen molar-refractivity contribution in [3.8, 4) is 0 Å². The van der Waals surface area contributed by atoms with Gasteiger partial charge in [0.05, 0.1) is 7.11 Å². The number of nitrogens with zero attached hydrogens (tertiary/aromatic N) is 1. The number of hydrogen-bond donors (Lipinski definition) is 0. The van der Waals surface area contributed by atoms with Crippen molar-refractivity contribution in [2.75, 3.05) is 20.4 Å². The molecule has 0 aliphatic heterocycles. The minimum atomic E-state index is 1.54. The van der Waals surface area contributed by atoms with E-state index in [0.717, 1.165) is 0 Å². The smallest absolute Gasteiger partial charge is 0.0586 e. The second kappa shape index (κ2) is 3.46. The predicted octanol–water partition coefficient (Wildman–Crippen LogP) is 0.758. The van der Waals surface area contributed by atoms with E-state index in [9.17, 15) is 0 Å². The van der Waals surface area contributed by atoms with Gasteiger partial charge in [-0.3, -0.25) is 4.84 Å². The van der Waals surface area contributed by atoms with Crippen LogP contribution in [0.5, 0.6) is 0 Å². The van der Waals surface area contributed by atoms with E-state index in [-0.39, 0.29) is 0 Å². The van der Waals surface area contributed by atoms with Crippen LogP contribution < -0.4 is 0 Å². The molecule has 38 valence electrons. The van der Waals surface area contributed by atoms with Crippen molar-refractivity contribution >= 4 is 11.9 Å². The zero-order valence-corrected chi connectivity index (χ0v) is 5.08. The van der Waals surface area contributed by atoms with Crippen LogP contribution in [-0.4, -0.2) is 24.9 Å². The molecular formula is C3H9NOS. The SMILES string of the molecule is CON(C)SC. The highest BCUT2D eigenvalue weighted by molar-refractivity contribution is 7.96. The Kier molecular flexibility index (Phi) is 3.62. The van der Waals surface area contributed by atoms with E-state index < -0.39 is 0 Å². The van der Waals surface area contributed by atoms with E-state index in [1.165, 1.54) is 11.9 Å². The van der Waals surface area contributed by atoms with Gasteiger partial charge in [-0.05, 0) is 6.26 Å². The van der Waals surface area contributed by atoms with E-state index in [1.807, 2.05) is 13.3 Å². The second-order valence-corrected chi connectivity index (χ2v) is 1.68. The molecular weight excluding hydrogens is 98.1 g/mol. The first-order chi connectivity index (χ1) is 2.81. The molecule has 0 saturated carbocycles. The summed E-state index contributed by atoms with van der Waals surface area (Å²) in [5.74, 6) is 0. The summed E-state index contributed by atoms with van der Waals surface area (Å²) in [6.45, 7) is 0. The largest absolute Gasteiger partial charge is 0.292 e. The molecule has 0 aliphatic rings. The summed E-state index contributed by atoms with van der Waals surface area (Å²) in [6.07, 6.45) is 1.95. The van der Waals surface area contributed by atoms with E-state index in [1.54, 1.807) is 11.6 Å². The lowest BCUT2D eigenvalue weighted by atomic mass is 11.5. The Labute approximate surface area is 42.6 Å². The molecule has 0 fully saturated rings. The lowest BCUT2D eigenvalue weighted by Gasteiger charge is -2.05. The lowest BCUT2D eigenvalue weighted by Crippen LogP contribution is -2.03. The van der Waals surface area contributed by atoms with Gasteiger partial charge in [0.15, 0.2) is 0 Å². The zero-order valence-electron chi connectivity index (χ0n) is 4.26. The third-order valence-electron chi connectivity index (χ3n) is 0.514. The van der Waals surface area contributed by atoms with Crippen LogP contribution in [0.2, 0.25) is 0 Å². The maximum absolute atomic E-state index is 4.70. The number of hydroxylamine groups is 1. The van der Waals surface area contributed by atoms with Crippen LogP contribution in [0.25, 0.3) is 0 Å². The molecule has 0 saturated heterocycles. The minimum absolute atomic E-state index is 1.54. The Balaban J connectivity index is 2.75. The Morgan fingerprint density at radius 2 is 2.17 bits per heavy atom. The van der Waals surface area contributed by atoms with Gasteiger partial charge in [0.25, 0.3) is 0 Å². The Morgan fingerprint density at radius 3 is 2.17 bits per heavy atom. The Hall–Kier alpha value is 0.270. The second-order valence-electron chi connectivity index (χ2n) is 0.805. The zero-order chi connectivity index (χ0) is 4.99. The Morgan fingerprint density at radius 1 is 1.67 bits per heavy atom. The average Bonchev–Trinajstić information content (AvgIpc) is 1.65. The molecule has 0 spiro atoms. The molecule has 0 atom stereocenters. The summed E-state index contributed by atoms with van der Waals surface area (Å²) < 4.78 is 1.67. The van der Waals surface area contributed by atoms with Crippen LogP contribution in [0, 0.1) is 0 Å². The fraction of sp³-hybridized carbons (Fsp3) is 1.00. The number of rotatable bonds is 2. The normalized spacial score (nSPS) is 10.0. The molecule has 6 heavy (non-hydrogen) atoms. The van der Waals surface area contributed by atoms with Gasteiger partial charge in [-0.1, -0.05) is 11.9 Å². The monoisotopic (exact) mass is 107 g/mol. The first kappa shape index (κ1) is 6.27. The highest BCUT2D eigenvalue weighted by Gasteiger charge is 1.82. The summed E-state index contributed by atoms with van der Waals surface area (Å²) >= 11 is 1.54. The van der Waals surface area contributed by atoms with Crippen LogP contribution in [0.15, 0.2) is 0 Å². The van der Waals surface area contributed by atoms with Crippen molar-refractivity contribution in [3.05, 3.63) is 0 Å². The van der Waals surface area contributed by atoms with Crippen molar-refractivity contribution in [2.45, 2.75) is 0 Å². The standard InChI is InChI=1S/C3H9NOS/c1-4(5-2)6-3/h1-3H3. The molecule has 0 heterocycles. The maximum atomic E-state index is 4.70. The van der Waals surface area contributed by atoms with Crippen LogP contribution in [0.4, 0.5) is 0 Å². The topological polar surface area (TPSA) is 12.5 Å². The van der Waals surface area contributed by atoms with Gasteiger partial charge in [0.1, 0.15) is 0 Å². The molecule has 0 aromatic rings. The molecule has 0 aromatic carbocycles. The molecule has 0 unspecified atom stereocenters. The average molecular weight is 107 g/mol. The first-order valence-electron chi connectivity index (χ1n) is 1.63. The molecule has 3 heteroatoms. The van der Waals surface area contributed by atoms with E-state index in [0.29, 0.717) is 0 Å². The molecule has 0 N–H and O–H groups in total. The Bertz CT molecular complexity index is 30.0.